The molecule has 140 valence electrons. The van der Waals surface area contributed by atoms with Gasteiger partial charge in [0.15, 0.2) is 5.11 Å². The number of hydrazine groups is 1. The van der Waals surface area contributed by atoms with Gasteiger partial charge in [-0.3, -0.25) is 15.6 Å². The summed E-state index contributed by atoms with van der Waals surface area (Å²) in [6.07, 6.45) is 0. The molecule has 0 aliphatic heterocycles. The van der Waals surface area contributed by atoms with Crippen molar-refractivity contribution in [3.05, 3.63) is 47.4 Å². The van der Waals surface area contributed by atoms with Crippen LogP contribution in [0.4, 0.5) is 4.39 Å². The lowest BCUT2D eigenvalue weighted by Crippen LogP contribution is -2.48. The fourth-order valence-corrected chi connectivity index (χ4v) is 2.85. The predicted molar refractivity (Wildman–Crippen MR) is 103 cm³/mol. The molecule has 27 heavy (non-hydrogen) atoms. The molecule has 3 rings (SSSR count). The molecule has 0 radical (unpaired) electrons. The molecule has 2 heterocycles. The highest BCUT2D eigenvalue weighted by molar-refractivity contribution is 7.80. The fraction of sp³-hybridized carbons (Fsp3) is 0.222. The van der Waals surface area contributed by atoms with Crippen LogP contribution in [0.25, 0.3) is 22.4 Å². The van der Waals surface area contributed by atoms with Crippen molar-refractivity contribution in [2.45, 2.75) is 26.8 Å². The topological polar surface area (TPSA) is 92.1 Å². The number of aromatic nitrogens is 2. The number of thiocarbonyl (C=S) groups is 1. The number of carbonyl (C=O) groups excluding carboxylic acids is 1. The number of fused-ring (bicyclic) bond motifs is 1. The van der Waals surface area contributed by atoms with E-state index in [1.807, 2.05) is 13.8 Å². The molecule has 0 saturated heterocycles. The van der Waals surface area contributed by atoms with Gasteiger partial charge in [-0.15, -0.1) is 0 Å². The Hall–Kier alpha value is -3.07. The van der Waals surface area contributed by atoms with Crippen LogP contribution in [0.15, 0.2) is 34.9 Å². The van der Waals surface area contributed by atoms with Crippen LogP contribution in [0.2, 0.25) is 0 Å². The van der Waals surface area contributed by atoms with Crippen molar-refractivity contribution in [3.63, 3.8) is 0 Å². The number of pyridine rings is 1. The minimum Gasteiger partial charge on any atom is -0.359 e. The third-order valence-electron chi connectivity index (χ3n) is 3.72. The number of hydrogen-bond donors (Lipinski definition) is 3. The van der Waals surface area contributed by atoms with Crippen molar-refractivity contribution in [2.24, 2.45) is 0 Å². The molecule has 3 N–H and O–H groups in total. The smallest absolute Gasteiger partial charge is 0.270 e. The Kier molecular flexibility index (Phi) is 5.31. The zero-order chi connectivity index (χ0) is 19.6. The second-order valence-electron chi connectivity index (χ2n) is 6.19. The average molecular weight is 387 g/mol. The second kappa shape index (κ2) is 7.67. The molecule has 9 heteroatoms. The van der Waals surface area contributed by atoms with Crippen LogP contribution in [0.3, 0.4) is 0 Å². The molecule has 3 aromatic rings. The first-order valence-electron chi connectivity index (χ1n) is 8.25. The zero-order valence-corrected chi connectivity index (χ0v) is 15.8. The summed E-state index contributed by atoms with van der Waals surface area (Å²) in [4.78, 5) is 17.0. The minimum atomic E-state index is -0.473. The van der Waals surface area contributed by atoms with Gasteiger partial charge in [0, 0.05) is 11.6 Å². The van der Waals surface area contributed by atoms with Crippen molar-refractivity contribution < 1.29 is 13.7 Å². The van der Waals surface area contributed by atoms with Gasteiger partial charge in [-0.05, 0) is 51.2 Å². The molecule has 2 aromatic heterocycles. The van der Waals surface area contributed by atoms with E-state index in [2.05, 4.69) is 26.3 Å². The quantitative estimate of drug-likeness (QED) is 0.470. The van der Waals surface area contributed by atoms with Crippen molar-refractivity contribution in [2.75, 3.05) is 0 Å². The third-order valence-corrected chi connectivity index (χ3v) is 3.94. The first-order valence-corrected chi connectivity index (χ1v) is 8.66. The Morgan fingerprint density at radius 3 is 2.70 bits per heavy atom. The number of carbonyl (C=O) groups is 1. The summed E-state index contributed by atoms with van der Waals surface area (Å²) in [6.45, 7) is 5.54. The van der Waals surface area contributed by atoms with Crippen LogP contribution in [0.1, 0.15) is 29.9 Å². The number of benzene rings is 1. The first kappa shape index (κ1) is 18.7. The van der Waals surface area contributed by atoms with Gasteiger partial charge in [-0.1, -0.05) is 17.3 Å². The molecular formula is C18H18FN5O2S. The molecule has 0 aliphatic rings. The van der Waals surface area contributed by atoms with E-state index in [4.69, 9.17) is 16.7 Å². The highest BCUT2D eigenvalue weighted by atomic mass is 32.1. The molecule has 0 bridgehead atoms. The van der Waals surface area contributed by atoms with Gasteiger partial charge in [0.25, 0.3) is 11.6 Å². The predicted octanol–water partition coefficient (Wildman–Crippen LogP) is 2.85. The highest BCUT2D eigenvalue weighted by Crippen LogP contribution is 2.28. The van der Waals surface area contributed by atoms with Gasteiger partial charge in [0.1, 0.15) is 5.82 Å². The minimum absolute atomic E-state index is 0.113. The Bertz CT molecular complexity index is 1020. The highest BCUT2D eigenvalue weighted by Gasteiger charge is 2.20. The van der Waals surface area contributed by atoms with Crippen LogP contribution >= 0.6 is 12.2 Å². The molecule has 1 amide bonds. The van der Waals surface area contributed by atoms with Gasteiger partial charge in [0.2, 0.25) is 0 Å². The largest absolute Gasteiger partial charge is 0.359 e. The van der Waals surface area contributed by atoms with E-state index in [0.717, 1.165) is 0 Å². The lowest BCUT2D eigenvalue weighted by atomic mass is 10.0. The van der Waals surface area contributed by atoms with Crippen LogP contribution in [-0.4, -0.2) is 27.2 Å². The molecule has 0 atom stereocenters. The number of halogens is 1. The van der Waals surface area contributed by atoms with Crippen LogP contribution in [0.5, 0.6) is 0 Å². The van der Waals surface area contributed by atoms with E-state index < -0.39 is 11.7 Å². The van der Waals surface area contributed by atoms with E-state index >= 15 is 0 Å². The summed E-state index contributed by atoms with van der Waals surface area (Å²) in [5.74, 6) is -0.924. The van der Waals surface area contributed by atoms with Gasteiger partial charge in [0.05, 0.1) is 22.3 Å². The Morgan fingerprint density at radius 1 is 1.26 bits per heavy atom. The van der Waals surface area contributed by atoms with Crippen molar-refractivity contribution in [1.82, 2.24) is 26.3 Å². The van der Waals surface area contributed by atoms with Crippen molar-refractivity contribution in [3.8, 4) is 11.3 Å². The van der Waals surface area contributed by atoms with Crippen molar-refractivity contribution >= 4 is 34.3 Å². The summed E-state index contributed by atoms with van der Waals surface area (Å²) in [7, 11) is 0. The molecular weight excluding hydrogens is 369 g/mol. The van der Waals surface area contributed by atoms with Crippen LogP contribution in [-0.2, 0) is 0 Å². The average Bonchev–Trinajstić information content (AvgIpc) is 3.00. The standard InChI is InChI=1S/C18H18FN5O2S/c1-9(2)20-18(27)23-22-16(25)12-8-14(11-6-4-5-7-13(11)19)21-17-15(12)10(3)24-26-17/h4-9H,1-3H3,(H,22,25)(H2,20,23,27). The number of hydrogen-bond acceptors (Lipinski definition) is 5. The molecule has 0 saturated carbocycles. The summed E-state index contributed by atoms with van der Waals surface area (Å²) in [6, 6.07) is 7.78. The monoisotopic (exact) mass is 387 g/mol. The molecule has 0 aliphatic carbocycles. The number of nitrogens with one attached hydrogen (secondary N) is 3. The van der Waals surface area contributed by atoms with Crippen molar-refractivity contribution in [1.29, 1.82) is 0 Å². The maximum Gasteiger partial charge on any atom is 0.270 e. The number of rotatable bonds is 3. The Labute approximate surface area is 160 Å². The maximum absolute atomic E-state index is 14.2. The summed E-state index contributed by atoms with van der Waals surface area (Å²) in [5.41, 5.74) is 6.59. The number of aryl methyl sites for hydroxylation is 1. The van der Waals surface area contributed by atoms with E-state index in [1.165, 1.54) is 12.1 Å². The van der Waals surface area contributed by atoms with Crippen LogP contribution in [0, 0.1) is 12.7 Å². The fourth-order valence-electron chi connectivity index (χ4n) is 2.56. The molecule has 0 spiro atoms. The van der Waals surface area contributed by atoms with E-state index in [-0.39, 0.29) is 33.7 Å². The van der Waals surface area contributed by atoms with E-state index in [9.17, 15) is 9.18 Å². The lowest BCUT2D eigenvalue weighted by molar-refractivity contribution is 0.0945. The summed E-state index contributed by atoms with van der Waals surface area (Å²) in [5, 5.41) is 7.54. The molecule has 0 fully saturated rings. The molecule has 7 nitrogen and oxygen atoms in total. The summed E-state index contributed by atoms with van der Waals surface area (Å²) < 4.78 is 19.4. The number of nitrogens with zero attached hydrogens (tertiary/aromatic N) is 2. The van der Waals surface area contributed by atoms with E-state index in [0.29, 0.717) is 11.1 Å². The van der Waals surface area contributed by atoms with E-state index in [1.54, 1.807) is 25.1 Å². The second-order valence-corrected chi connectivity index (χ2v) is 6.60. The maximum atomic E-state index is 14.2. The summed E-state index contributed by atoms with van der Waals surface area (Å²) >= 11 is 5.09. The van der Waals surface area contributed by atoms with Gasteiger partial charge in [-0.25, -0.2) is 9.37 Å². The van der Waals surface area contributed by atoms with Gasteiger partial charge in [-0.2, -0.15) is 0 Å². The lowest BCUT2D eigenvalue weighted by Gasteiger charge is -2.14. The van der Waals surface area contributed by atoms with Gasteiger partial charge >= 0.3 is 0 Å². The number of amides is 1. The van der Waals surface area contributed by atoms with Gasteiger partial charge < -0.3 is 9.84 Å². The first-order chi connectivity index (χ1) is 12.9. The van der Waals surface area contributed by atoms with Crippen LogP contribution < -0.4 is 16.2 Å². The molecule has 0 unspecified atom stereocenters. The molecule has 1 aromatic carbocycles. The Balaban J connectivity index is 1.98. The SMILES string of the molecule is Cc1noc2nc(-c3ccccc3F)cc(C(=O)NNC(=S)NC(C)C)c12. The Morgan fingerprint density at radius 2 is 2.00 bits per heavy atom. The zero-order valence-electron chi connectivity index (χ0n) is 15.0. The third kappa shape index (κ3) is 4.03. The normalized spacial score (nSPS) is 10.9.